The Hall–Kier alpha value is -0.820. The summed E-state index contributed by atoms with van der Waals surface area (Å²) < 4.78 is 0. The standard InChI is InChI=1S/C15H21N/c1-11-5-2-3-8-14(11)15(9-13(15)10-16)12-6-4-7-12/h2-3,5,8,12-13H,4,6-7,9-10,16H2,1H3/t13-,15?/m0/s1. The fourth-order valence-electron chi connectivity index (χ4n) is 3.71. The van der Waals surface area contributed by atoms with Crippen LogP contribution in [0.25, 0.3) is 0 Å². The van der Waals surface area contributed by atoms with Gasteiger partial charge < -0.3 is 5.73 Å². The highest BCUT2D eigenvalue weighted by Gasteiger charge is 2.60. The predicted octanol–water partition coefficient (Wildman–Crippen LogP) is 3.01. The van der Waals surface area contributed by atoms with Gasteiger partial charge in [-0.25, -0.2) is 0 Å². The summed E-state index contributed by atoms with van der Waals surface area (Å²) in [6.45, 7) is 3.12. The van der Waals surface area contributed by atoms with Crippen molar-refractivity contribution in [3.8, 4) is 0 Å². The summed E-state index contributed by atoms with van der Waals surface area (Å²) in [6.07, 6.45) is 5.60. The Morgan fingerprint density at radius 1 is 1.31 bits per heavy atom. The van der Waals surface area contributed by atoms with Crippen LogP contribution < -0.4 is 5.73 Å². The molecule has 0 heterocycles. The van der Waals surface area contributed by atoms with Crippen molar-refractivity contribution in [3.05, 3.63) is 35.4 Å². The summed E-state index contributed by atoms with van der Waals surface area (Å²) in [5, 5.41) is 0. The monoisotopic (exact) mass is 215 g/mol. The normalized spacial score (nSPS) is 33.5. The molecule has 2 aliphatic carbocycles. The van der Waals surface area contributed by atoms with E-state index in [0.29, 0.717) is 5.41 Å². The second-order valence-corrected chi connectivity index (χ2v) is 5.62. The molecular weight excluding hydrogens is 194 g/mol. The van der Waals surface area contributed by atoms with E-state index in [9.17, 15) is 0 Å². The summed E-state index contributed by atoms with van der Waals surface area (Å²) in [7, 11) is 0. The Kier molecular flexibility index (Phi) is 2.32. The van der Waals surface area contributed by atoms with Crippen molar-refractivity contribution in [1.29, 1.82) is 0 Å². The van der Waals surface area contributed by atoms with E-state index in [1.807, 2.05) is 0 Å². The van der Waals surface area contributed by atoms with Crippen LogP contribution >= 0.6 is 0 Å². The molecule has 2 fully saturated rings. The van der Waals surface area contributed by atoms with Gasteiger partial charge in [0.2, 0.25) is 0 Å². The van der Waals surface area contributed by atoms with Gasteiger partial charge in [-0.1, -0.05) is 30.7 Å². The van der Waals surface area contributed by atoms with E-state index in [-0.39, 0.29) is 0 Å². The fourth-order valence-corrected chi connectivity index (χ4v) is 3.71. The first-order valence-electron chi connectivity index (χ1n) is 6.55. The molecular formula is C15H21N. The smallest absolute Gasteiger partial charge is 0.00278 e. The minimum atomic E-state index is 0.471. The SMILES string of the molecule is Cc1ccccc1C1(C2CCC2)C[C@H]1CN. The second kappa shape index (κ2) is 3.59. The maximum atomic E-state index is 5.91. The Bertz CT molecular complexity index is 394. The highest BCUT2D eigenvalue weighted by Crippen LogP contribution is 2.64. The lowest BCUT2D eigenvalue weighted by Gasteiger charge is -2.36. The molecule has 3 rings (SSSR count). The minimum Gasteiger partial charge on any atom is -0.330 e. The molecule has 1 heteroatoms. The second-order valence-electron chi connectivity index (χ2n) is 5.62. The van der Waals surface area contributed by atoms with Crippen LogP contribution in [0.15, 0.2) is 24.3 Å². The number of aryl methyl sites for hydroxylation is 1. The molecule has 0 aromatic heterocycles. The van der Waals surface area contributed by atoms with Gasteiger partial charge in [-0.05, 0) is 55.7 Å². The predicted molar refractivity (Wildman–Crippen MR) is 67.4 cm³/mol. The molecule has 0 aliphatic heterocycles. The molecule has 16 heavy (non-hydrogen) atoms. The van der Waals surface area contributed by atoms with Crippen molar-refractivity contribution in [3.63, 3.8) is 0 Å². The van der Waals surface area contributed by atoms with Crippen LogP contribution in [-0.2, 0) is 5.41 Å². The average Bonchev–Trinajstić information content (AvgIpc) is 2.91. The van der Waals surface area contributed by atoms with Gasteiger partial charge in [0.25, 0.3) is 0 Å². The van der Waals surface area contributed by atoms with E-state index in [1.165, 1.54) is 31.2 Å². The third-order valence-corrected chi connectivity index (χ3v) is 4.92. The van der Waals surface area contributed by atoms with Crippen LogP contribution in [-0.4, -0.2) is 6.54 Å². The zero-order chi connectivity index (χ0) is 11.2. The summed E-state index contributed by atoms with van der Waals surface area (Å²) in [5.74, 6) is 1.67. The molecule has 1 nitrogen and oxygen atoms in total. The molecule has 2 aliphatic rings. The van der Waals surface area contributed by atoms with Crippen LogP contribution in [0.1, 0.15) is 36.8 Å². The van der Waals surface area contributed by atoms with Crippen molar-refractivity contribution < 1.29 is 0 Å². The molecule has 0 spiro atoms. The van der Waals surface area contributed by atoms with Crippen molar-refractivity contribution in [1.82, 2.24) is 0 Å². The van der Waals surface area contributed by atoms with E-state index in [1.54, 1.807) is 5.56 Å². The summed E-state index contributed by atoms with van der Waals surface area (Å²) in [6, 6.07) is 8.92. The van der Waals surface area contributed by atoms with E-state index >= 15 is 0 Å². The highest BCUT2D eigenvalue weighted by atomic mass is 14.7. The minimum absolute atomic E-state index is 0.471. The van der Waals surface area contributed by atoms with Crippen LogP contribution in [0.4, 0.5) is 0 Å². The van der Waals surface area contributed by atoms with Gasteiger partial charge in [0.1, 0.15) is 0 Å². The number of benzene rings is 1. The zero-order valence-corrected chi connectivity index (χ0v) is 10.1. The number of rotatable bonds is 3. The number of nitrogens with two attached hydrogens (primary N) is 1. The highest BCUT2D eigenvalue weighted by molar-refractivity contribution is 5.41. The molecule has 1 aromatic rings. The Morgan fingerprint density at radius 3 is 2.56 bits per heavy atom. The van der Waals surface area contributed by atoms with Gasteiger partial charge in [0.15, 0.2) is 0 Å². The lowest BCUT2D eigenvalue weighted by Crippen LogP contribution is -2.31. The topological polar surface area (TPSA) is 26.0 Å². The van der Waals surface area contributed by atoms with Gasteiger partial charge in [-0.2, -0.15) is 0 Å². The van der Waals surface area contributed by atoms with E-state index < -0.39 is 0 Å². The molecule has 0 bridgehead atoms. The van der Waals surface area contributed by atoms with Crippen molar-refractivity contribution in [2.75, 3.05) is 6.54 Å². The molecule has 0 amide bonds. The molecule has 2 saturated carbocycles. The van der Waals surface area contributed by atoms with Gasteiger partial charge >= 0.3 is 0 Å². The Labute approximate surface area is 98.0 Å². The van der Waals surface area contributed by atoms with Gasteiger partial charge in [0, 0.05) is 5.41 Å². The third-order valence-electron chi connectivity index (χ3n) is 4.92. The average molecular weight is 215 g/mol. The molecule has 2 N–H and O–H groups in total. The lowest BCUT2D eigenvalue weighted by molar-refractivity contribution is 0.231. The molecule has 86 valence electrons. The van der Waals surface area contributed by atoms with E-state index in [2.05, 4.69) is 31.2 Å². The van der Waals surface area contributed by atoms with Gasteiger partial charge in [-0.3, -0.25) is 0 Å². The molecule has 2 atom stereocenters. The van der Waals surface area contributed by atoms with E-state index in [4.69, 9.17) is 5.73 Å². The zero-order valence-electron chi connectivity index (χ0n) is 10.1. The largest absolute Gasteiger partial charge is 0.330 e. The van der Waals surface area contributed by atoms with E-state index in [0.717, 1.165) is 18.4 Å². The maximum absolute atomic E-state index is 5.91. The van der Waals surface area contributed by atoms with Crippen LogP contribution in [0, 0.1) is 18.8 Å². The Balaban J connectivity index is 1.98. The van der Waals surface area contributed by atoms with Crippen LogP contribution in [0.2, 0.25) is 0 Å². The summed E-state index contributed by atoms with van der Waals surface area (Å²) >= 11 is 0. The molecule has 1 unspecified atom stereocenters. The quantitative estimate of drug-likeness (QED) is 0.824. The third kappa shape index (κ3) is 1.27. The van der Waals surface area contributed by atoms with Crippen LogP contribution in [0.5, 0.6) is 0 Å². The Morgan fingerprint density at radius 2 is 2.06 bits per heavy atom. The molecule has 0 radical (unpaired) electrons. The first-order chi connectivity index (χ1) is 7.79. The van der Waals surface area contributed by atoms with Gasteiger partial charge in [0.05, 0.1) is 0 Å². The number of hydrogen-bond acceptors (Lipinski definition) is 1. The first-order valence-corrected chi connectivity index (χ1v) is 6.55. The van der Waals surface area contributed by atoms with Crippen molar-refractivity contribution in [2.24, 2.45) is 17.6 Å². The molecule has 1 aromatic carbocycles. The van der Waals surface area contributed by atoms with Crippen LogP contribution in [0.3, 0.4) is 0 Å². The summed E-state index contributed by atoms with van der Waals surface area (Å²) in [5.41, 5.74) is 9.44. The lowest BCUT2D eigenvalue weighted by atomic mass is 9.68. The van der Waals surface area contributed by atoms with Gasteiger partial charge in [-0.15, -0.1) is 0 Å². The number of hydrogen-bond donors (Lipinski definition) is 1. The molecule has 0 saturated heterocycles. The fraction of sp³-hybridized carbons (Fsp3) is 0.600. The first kappa shape index (κ1) is 10.3. The van der Waals surface area contributed by atoms with Crippen molar-refractivity contribution >= 4 is 0 Å². The van der Waals surface area contributed by atoms with Crippen molar-refractivity contribution in [2.45, 2.75) is 38.0 Å². The maximum Gasteiger partial charge on any atom is 0.00278 e. The summed E-state index contributed by atoms with van der Waals surface area (Å²) in [4.78, 5) is 0.